The monoisotopic (exact) mass is 202 g/mol. The van der Waals surface area contributed by atoms with Crippen molar-refractivity contribution < 1.29 is 4.74 Å². The Kier molecular flexibility index (Phi) is 8.14. The third-order valence-corrected chi connectivity index (χ3v) is 2.22. The lowest BCUT2D eigenvalue weighted by molar-refractivity contribution is 0.155. The summed E-state index contributed by atoms with van der Waals surface area (Å²) in [6, 6.07) is 0.569. The molecule has 0 aromatic carbocycles. The maximum atomic E-state index is 5.09. The van der Waals surface area contributed by atoms with E-state index in [1.165, 1.54) is 6.42 Å². The van der Waals surface area contributed by atoms with Gasteiger partial charge in [0.05, 0.1) is 0 Å². The average Bonchev–Trinajstić information content (AvgIpc) is 2.02. The summed E-state index contributed by atoms with van der Waals surface area (Å²) in [5.74, 6) is 0.652. The van der Waals surface area contributed by atoms with E-state index in [-0.39, 0.29) is 0 Å². The van der Waals surface area contributed by atoms with Gasteiger partial charge in [-0.15, -0.1) is 0 Å². The molecule has 1 N–H and O–H groups in total. The van der Waals surface area contributed by atoms with Crippen LogP contribution >= 0.6 is 0 Å². The summed E-state index contributed by atoms with van der Waals surface area (Å²) < 4.78 is 5.09. The van der Waals surface area contributed by atoms with Gasteiger partial charge in [-0.05, 0) is 39.9 Å². The number of methoxy groups -OCH3 is 1. The second-order valence-electron chi connectivity index (χ2n) is 4.47. The molecule has 0 aliphatic carbocycles. The molecular formula is C11H26N2O. The van der Waals surface area contributed by atoms with Crippen LogP contribution in [0.5, 0.6) is 0 Å². The Hall–Kier alpha value is -0.120. The molecule has 0 aliphatic heterocycles. The van der Waals surface area contributed by atoms with Gasteiger partial charge in [-0.25, -0.2) is 0 Å². The van der Waals surface area contributed by atoms with Gasteiger partial charge in [0.1, 0.15) is 0 Å². The first-order valence-corrected chi connectivity index (χ1v) is 5.43. The van der Waals surface area contributed by atoms with Crippen LogP contribution in [0.2, 0.25) is 0 Å². The van der Waals surface area contributed by atoms with Gasteiger partial charge in [-0.1, -0.05) is 6.92 Å². The Labute approximate surface area is 88.8 Å². The normalized spacial score (nSPS) is 15.9. The number of rotatable bonds is 8. The Morgan fingerprint density at radius 1 is 1.29 bits per heavy atom. The number of likely N-dealkylation sites (N-methyl/N-ethyl adjacent to an activating group) is 1. The SMILES string of the molecule is COCC(C)CCNC(C)CN(C)C. The molecule has 86 valence electrons. The van der Waals surface area contributed by atoms with Crippen LogP contribution < -0.4 is 5.32 Å². The van der Waals surface area contributed by atoms with E-state index < -0.39 is 0 Å². The molecule has 2 unspecified atom stereocenters. The van der Waals surface area contributed by atoms with Gasteiger partial charge in [-0.2, -0.15) is 0 Å². The summed E-state index contributed by atoms with van der Waals surface area (Å²) in [5.41, 5.74) is 0. The van der Waals surface area contributed by atoms with Crippen molar-refractivity contribution in [3.05, 3.63) is 0 Å². The fraction of sp³-hybridized carbons (Fsp3) is 1.00. The molecular weight excluding hydrogens is 176 g/mol. The summed E-state index contributed by atoms with van der Waals surface area (Å²) >= 11 is 0. The minimum Gasteiger partial charge on any atom is -0.384 e. The van der Waals surface area contributed by atoms with Crippen LogP contribution in [0.15, 0.2) is 0 Å². The molecule has 0 radical (unpaired) electrons. The highest BCUT2D eigenvalue weighted by Gasteiger charge is 2.04. The van der Waals surface area contributed by atoms with E-state index in [2.05, 4.69) is 38.2 Å². The molecule has 0 saturated carbocycles. The van der Waals surface area contributed by atoms with E-state index in [9.17, 15) is 0 Å². The summed E-state index contributed by atoms with van der Waals surface area (Å²) in [7, 11) is 5.97. The lowest BCUT2D eigenvalue weighted by Gasteiger charge is -2.19. The van der Waals surface area contributed by atoms with E-state index in [0.717, 1.165) is 19.7 Å². The van der Waals surface area contributed by atoms with Gasteiger partial charge in [0.2, 0.25) is 0 Å². The third-order valence-electron chi connectivity index (χ3n) is 2.22. The van der Waals surface area contributed by atoms with Crippen molar-refractivity contribution in [2.75, 3.05) is 40.9 Å². The second kappa shape index (κ2) is 8.21. The van der Waals surface area contributed by atoms with Crippen LogP contribution in [-0.2, 0) is 4.74 Å². The number of hydrogen-bond donors (Lipinski definition) is 1. The molecule has 0 spiro atoms. The average molecular weight is 202 g/mol. The van der Waals surface area contributed by atoms with Crippen LogP contribution in [0.25, 0.3) is 0 Å². The van der Waals surface area contributed by atoms with Crippen LogP contribution in [0.4, 0.5) is 0 Å². The van der Waals surface area contributed by atoms with Crippen LogP contribution in [0, 0.1) is 5.92 Å². The highest BCUT2D eigenvalue weighted by molar-refractivity contribution is 4.64. The Balaban J connectivity index is 3.34. The van der Waals surface area contributed by atoms with Crippen molar-refractivity contribution in [1.82, 2.24) is 10.2 Å². The van der Waals surface area contributed by atoms with Crippen LogP contribution in [-0.4, -0.2) is 51.8 Å². The zero-order valence-corrected chi connectivity index (χ0v) is 10.3. The first-order valence-electron chi connectivity index (χ1n) is 5.43. The number of hydrogen-bond acceptors (Lipinski definition) is 3. The van der Waals surface area contributed by atoms with Crippen molar-refractivity contribution in [2.24, 2.45) is 5.92 Å². The molecule has 3 heteroatoms. The quantitative estimate of drug-likeness (QED) is 0.640. The van der Waals surface area contributed by atoms with Crippen LogP contribution in [0.1, 0.15) is 20.3 Å². The fourth-order valence-electron chi connectivity index (χ4n) is 1.56. The van der Waals surface area contributed by atoms with Crippen molar-refractivity contribution in [3.63, 3.8) is 0 Å². The minimum atomic E-state index is 0.569. The summed E-state index contributed by atoms with van der Waals surface area (Å²) in [4.78, 5) is 2.20. The summed E-state index contributed by atoms with van der Waals surface area (Å²) in [6.45, 7) is 7.49. The van der Waals surface area contributed by atoms with Gasteiger partial charge in [0.15, 0.2) is 0 Å². The lowest BCUT2D eigenvalue weighted by atomic mass is 10.1. The molecule has 0 aromatic heterocycles. The topological polar surface area (TPSA) is 24.5 Å². The van der Waals surface area contributed by atoms with Gasteiger partial charge < -0.3 is 15.0 Å². The Morgan fingerprint density at radius 2 is 1.93 bits per heavy atom. The molecule has 3 nitrogen and oxygen atoms in total. The summed E-state index contributed by atoms with van der Waals surface area (Å²) in [6.07, 6.45) is 1.19. The van der Waals surface area contributed by atoms with E-state index in [0.29, 0.717) is 12.0 Å². The Bertz CT molecular complexity index is 128. The predicted octanol–water partition coefficient (Wildman–Crippen LogP) is 1.20. The van der Waals surface area contributed by atoms with Crippen LogP contribution in [0.3, 0.4) is 0 Å². The first kappa shape index (κ1) is 13.9. The smallest absolute Gasteiger partial charge is 0.0488 e. The zero-order valence-electron chi connectivity index (χ0n) is 10.3. The van der Waals surface area contributed by atoms with Crippen molar-refractivity contribution in [3.8, 4) is 0 Å². The molecule has 0 heterocycles. The van der Waals surface area contributed by atoms with Gasteiger partial charge in [0, 0.05) is 26.3 Å². The minimum absolute atomic E-state index is 0.569. The third kappa shape index (κ3) is 8.48. The number of ether oxygens (including phenoxy) is 1. The van der Waals surface area contributed by atoms with E-state index in [4.69, 9.17) is 4.74 Å². The zero-order chi connectivity index (χ0) is 11.0. The highest BCUT2D eigenvalue weighted by atomic mass is 16.5. The van der Waals surface area contributed by atoms with Gasteiger partial charge in [-0.3, -0.25) is 0 Å². The maximum absolute atomic E-state index is 5.09. The van der Waals surface area contributed by atoms with E-state index in [1.807, 2.05) is 0 Å². The number of nitrogens with zero attached hydrogens (tertiary/aromatic N) is 1. The molecule has 0 amide bonds. The maximum Gasteiger partial charge on any atom is 0.0488 e. The van der Waals surface area contributed by atoms with E-state index in [1.54, 1.807) is 7.11 Å². The highest BCUT2D eigenvalue weighted by Crippen LogP contribution is 2.00. The summed E-state index contributed by atoms with van der Waals surface area (Å²) in [5, 5.41) is 3.51. The molecule has 14 heavy (non-hydrogen) atoms. The van der Waals surface area contributed by atoms with Crippen molar-refractivity contribution in [1.29, 1.82) is 0 Å². The fourth-order valence-corrected chi connectivity index (χ4v) is 1.56. The Morgan fingerprint density at radius 3 is 2.43 bits per heavy atom. The van der Waals surface area contributed by atoms with E-state index >= 15 is 0 Å². The van der Waals surface area contributed by atoms with Crippen molar-refractivity contribution >= 4 is 0 Å². The molecule has 0 rings (SSSR count). The molecule has 0 fully saturated rings. The molecule has 2 atom stereocenters. The molecule has 0 aliphatic rings. The molecule has 0 saturated heterocycles. The molecule has 0 aromatic rings. The van der Waals surface area contributed by atoms with Gasteiger partial charge in [0.25, 0.3) is 0 Å². The number of nitrogens with one attached hydrogen (secondary N) is 1. The molecule has 0 bridgehead atoms. The second-order valence-corrected chi connectivity index (χ2v) is 4.47. The van der Waals surface area contributed by atoms with Crippen molar-refractivity contribution in [2.45, 2.75) is 26.3 Å². The first-order chi connectivity index (χ1) is 6.56. The van der Waals surface area contributed by atoms with Gasteiger partial charge >= 0.3 is 0 Å². The lowest BCUT2D eigenvalue weighted by Crippen LogP contribution is -2.36. The predicted molar refractivity (Wildman–Crippen MR) is 61.7 cm³/mol. The largest absolute Gasteiger partial charge is 0.384 e. The standard InChI is InChI=1S/C11H26N2O/c1-10(9-14-5)6-7-12-11(2)8-13(3)4/h10-12H,6-9H2,1-5H3.